The normalized spacial score (nSPS) is 20.0. The Hall–Kier alpha value is -2.46. The fourth-order valence-corrected chi connectivity index (χ4v) is 4.58. The van der Waals surface area contributed by atoms with Crippen LogP contribution in [0, 0.1) is 0 Å². The SMILES string of the molecule is O=S1(=Cc2cccc3cc[nH]c23)NC=Cc2ccccc21. The van der Waals surface area contributed by atoms with Gasteiger partial charge in [-0.1, -0.05) is 36.4 Å². The number of benzene rings is 2. The van der Waals surface area contributed by atoms with Crippen molar-refractivity contribution in [2.45, 2.75) is 4.90 Å². The van der Waals surface area contributed by atoms with E-state index in [1.54, 1.807) is 6.20 Å². The number of H-pyrrole nitrogens is 1. The van der Waals surface area contributed by atoms with Crippen molar-refractivity contribution in [2.24, 2.45) is 0 Å². The lowest BCUT2D eigenvalue weighted by Gasteiger charge is -2.18. The van der Waals surface area contributed by atoms with Crippen LogP contribution in [0.2, 0.25) is 0 Å². The highest BCUT2D eigenvalue weighted by Crippen LogP contribution is 2.23. The van der Waals surface area contributed by atoms with Crippen molar-refractivity contribution in [1.82, 2.24) is 9.71 Å². The van der Waals surface area contributed by atoms with Crippen LogP contribution in [0.3, 0.4) is 0 Å². The summed E-state index contributed by atoms with van der Waals surface area (Å²) >= 11 is 0. The Kier molecular flexibility index (Phi) is 2.65. The second-order valence-corrected chi connectivity index (χ2v) is 7.11. The third-order valence-electron chi connectivity index (χ3n) is 3.66. The van der Waals surface area contributed by atoms with Gasteiger partial charge >= 0.3 is 0 Å². The van der Waals surface area contributed by atoms with Crippen LogP contribution >= 0.6 is 0 Å². The summed E-state index contributed by atoms with van der Waals surface area (Å²) in [5, 5.41) is 2.94. The molecule has 3 nitrogen and oxygen atoms in total. The van der Waals surface area contributed by atoms with E-state index in [1.807, 2.05) is 66.2 Å². The van der Waals surface area contributed by atoms with E-state index in [-0.39, 0.29) is 0 Å². The molecule has 2 aromatic carbocycles. The Morgan fingerprint density at radius 2 is 1.90 bits per heavy atom. The molecule has 1 unspecified atom stereocenters. The highest BCUT2D eigenvalue weighted by Gasteiger charge is 2.16. The topological polar surface area (TPSA) is 44.9 Å². The van der Waals surface area contributed by atoms with E-state index in [2.05, 4.69) is 9.71 Å². The minimum atomic E-state index is -2.45. The maximum absolute atomic E-state index is 13.3. The van der Waals surface area contributed by atoms with Gasteiger partial charge in [-0.3, -0.25) is 0 Å². The van der Waals surface area contributed by atoms with Gasteiger partial charge in [0.25, 0.3) is 0 Å². The summed E-state index contributed by atoms with van der Waals surface area (Å²) in [7, 11) is -2.45. The lowest BCUT2D eigenvalue weighted by molar-refractivity contribution is 0.676. The molecule has 2 N–H and O–H groups in total. The van der Waals surface area contributed by atoms with Crippen LogP contribution in [0.4, 0.5) is 0 Å². The maximum atomic E-state index is 13.3. The first-order valence-electron chi connectivity index (χ1n) is 6.74. The highest BCUT2D eigenvalue weighted by molar-refractivity contribution is 8.00. The number of hydrogen-bond donors (Lipinski definition) is 2. The lowest BCUT2D eigenvalue weighted by atomic mass is 10.2. The average molecular weight is 294 g/mol. The molecule has 0 radical (unpaired) electrons. The summed E-state index contributed by atoms with van der Waals surface area (Å²) in [5.41, 5.74) is 2.95. The van der Waals surface area contributed by atoms with Crippen LogP contribution in [-0.2, 0) is 9.71 Å². The average Bonchev–Trinajstić information content (AvgIpc) is 2.97. The van der Waals surface area contributed by atoms with Gasteiger partial charge in [0.15, 0.2) is 0 Å². The Labute approximate surface area is 123 Å². The van der Waals surface area contributed by atoms with Gasteiger partial charge in [-0.05, 0) is 29.2 Å². The molecule has 0 aliphatic carbocycles. The molecule has 4 rings (SSSR count). The van der Waals surface area contributed by atoms with Crippen molar-refractivity contribution < 1.29 is 4.21 Å². The summed E-state index contributed by atoms with van der Waals surface area (Å²) in [6.45, 7) is 0. The van der Waals surface area contributed by atoms with Crippen LogP contribution in [0.25, 0.3) is 17.0 Å². The molecule has 21 heavy (non-hydrogen) atoms. The molecule has 0 saturated heterocycles. The largest absolute Gasteiger partial charge is 0.361 e. The predicted molar refractivity (Wildman–Crippen MR) is 88.5 cm³/mol. The molecule has 3 aromatic rings. The molecule has 1 aliphatic heterocycles. The van der Waals surface area contributed by atoms with E-state index in [9.17, 15) is 4.21 Å². The van der Waals surface area contributed by atoms with Crippen molar-refractivity contribution in [3.63, 3.8) is 0 Å². The van der Waals surface area contributed by atoms with Crippen LogP contribution in [0.1, 0.15) is 11.1 Å². The van der Waals surface area contributed by atoms with Crippen molar-refractivity contribution >= 4 is 32.1 Å². The van der Waals surface area contributed by atoms with Gasteiger partial charge < -0.3 is 9.71 Å². The standard InChI is InChI=1S/C17H14N2OS/c20-21(16-7-2-1-4-13(16)9-11-19-21)12-15-6-3-5-14-8-10-18-17(14)15/h1-12,18H,(H,19,20). The van der Waals surface area contributed by atoms with Gasteiger partial charge in [-0.2, -0.15) is 0 Å². The van der Waals surface area contributed by atoms with Crippen molar-refractivity contribution in [2.75, 3.05) is 0 Å². The number of rotatable bonds is 1. The number of aromatic nitrogens is 1. The molecule has 4 heteroatoms. The third-order valence-corrected chi connectivity index (χ3v) is 5.76. The molecule has 2 heterocycles. The zero-order valence-electron chi connectivity index (χ0n) is 11.2. The first kappa shape index (κ1) is 12.3. The fourth-order valence-electron chi connectivity index (χ4n) is 2.67. The van der Waals surface area contributed by atoms with E-state index in [4.69, 9.17) is 0 Å². The maximum Gasteiger partial charge on any atom is 0.0815 e. The Morgan fingerprint density at radius 3 is 2.86 bits per heavy atom. The van der Waals surface area contributed by atoms with Gasteiger partial charge in [-0.15, -0.1) is 0 Å². The van der Waals surface area contributed by atoms with E-state index < -0.39 is 9.71 Å². The number of nitrogens with one attached hydrogen (secondary N) is 2. The predicted octanol–water partition coefficient (Wildman–Crippen LogP) is 3.15. The monoisotopic (exact) mass is 294 g/mol. The van der Waals surface area contributed by atoms with E-state index >= 15 is 0 Å². The molecule has 0 spiro atoms. The van der Waals surface area contributed by atoms with Crippen LogP contribution < -0.4 is 4.72 Å². The summed E-state index contributed by atoms with van der Waals surface area (Å²) in [4.78, 5) is 4.05. The zero-order chi connectivity index (χ0) is 14.3. The summed E-state index contributed by atoms with van der Waals surface area (Å²) in [6.07, 6.45) is 5.61. The molecule has 1 aliphatic rings. The Bertz CT molecular complexity index is 975. The number of aromatic amines is 1. The van der Waals surface area contributed by atoms with E-state index in [1.165, 1.54) is 0 Å². The molecule has 0 saturated carbocycles. The number of para-hydroxylation sites is 1. The molecule has 104 valence electrons. The second kappa shape index (κ2) is 4.53. The van der Waals surface area contributed by atoms with Gasteiger partial charge in [-0.25, -0.2) is 4.21 Å². The Balaban J connectivity index is 1.99. The van der Waals surface area contributed by atoms with Crippen LogP contribution in [-0.4, -0.2) is 14.6 Å². The van der Waals surface area contributed by atoms with Gasteiger partial charge in [0.2, 0.25) is 0 Å². The quantitative estimate of drug-likeness (QED) is 0.665. The smallest absolute Gasteiger partial charge is 0.0815 e. The second-order valence-electron chi connectivity index (χ2n) is 5.00. The number of fused-ring (bicyclic) bond motifs is 2. The van der Waals surface area contributed by atoms with Crippen LogP contribution in [0.5, 0.6) is 0 Å². The summed E-state index contributed by atoms with van der Waals surface area (Å²) < 4.78 is 16.4. The van der Waals surface area contributed by atoms with Crippen molar-refractivity contribution in [1.29, 1.82) is 0 Å². The zero-order valence-corrected chi connectivity index (χ0v) is 12.1. The summed E-state index contributed by atoms with van der Waals surface area (Å²) in [6, 6.07) is 15.8. The minimum absolute atomic E-state index is 0.830. The molecule has 1 atom stereocenters. The van der Waals surface area contributed by atoms with Crippen molar-refractivity contribution in [3.05, 3.63) is 72.1 Å². The van der Waals surface area contributed by atoms with Gasteiger partial charge in [0.05, 0.1) is 20.1 Å². The molecule has 0 fully saturated rings. The third kappa shape index (κ3) is 1.96. The number of hydrogen-bond acceptors (Lipinski definition) is 1. The highest BCUT2D eigenvalue weighted by atomic mass is 32.2. The molecular weight excluding hydrogens is 280 g/mol. The molecule has 1 aromatic heterocycles. The van der Waals surface area contributed by atoms with E-state index in [0.717, 1.165) is 26.9 Å². The van der Waals surface area contributed by atoms with Crippen molar-refractivity contribution in [3.8, 4) is 0 Å². The van der Waals surface area contributed by atoms with Gasteiger partial charge in [0, 0.05) is 23.3 Å². The molecular formula is C17H14N2OS. The minimum Gasteiger partial charge on any atom is -0.361 e. The lowest BCUT2D eigenvalue weighted by Crippen LogP contribution is -2.24. The van der Waals surface area contributed by atoms with E-state index in [0.29, 0.717) is 0 Å². The Morgan fingerprint density at radius 1 is 1.00 bits per heavy atom. The molecule has 0 bridgehead atoms. The summed E-state index contributed by atoms with van der Waals surface area (Å²) in [5.74, 6) is 0. The van der Waals surface area contributed by atoms with Gasteiger partial charge in [0.1, 0.15) is 0 Å². The van der Waals surface area contributed by atoms with Crippen LogP contribution in [0.15, 0.2) is 65.8 Å². The first-order chi connectivity index (χ1) is 10.3. The molecule has 0 amide bonds. The fraction of sp³-hybridized carbons (Fsp3) is 0. The first-order valence-corrected chi connectivity index (χ1v) is 8.36.